The van der Waals surface area contributed by atoms with E-state index in [1.54, 1.807) is 18.3 Å². The molecule has 3 heterocycles. The maximum atomic E-state index is 12.4. The number of carbonyl (C=O) groups excluding carboxylic acids is 1. The Kier molecular flexibility index (Phi) is 9.43. The minimum atomic E-state index is -0.222. The number of nitrogens with zero attached hydrogens (tertiary/aromatic N) is 5. The van der Waals surface area contributed by atoms with E-state index in [-0.39, 0.29) is 23.6 Å². The Morgan fingerprint density at radius 1 is 0.863 bits per heavy atom. The molecule has 0 unspecified atom stereocenters. The quantitative estimate of drug-likeness (QED) is 0.169. The number of hydrogen-bond acceptors (Lipinski definition) is 9. The van der Waals surface area contributed by atoms with Crippen LogP contribution < -0.4 is 16.0 Å². The maximum Gasteiger partial charge on any atom is 0.251 e. The predicted octanol–water partition coefficient (Wildman–Crippen LogP) is 5.53. The first-order chi connectivity index (χ1) is 24.9. The van der Waals surface area contributed by atoms with Crippen molar-refractivity contribution in [1.29, 1.82) is 0 Å². The van der Waals surface area contributed by atoms with Gasteiger partial charge in [0.15, 0.2) is 0 Å². The van der Waals surface area contributed by atoms with Crippen LogP contribution in [-0.4, -0.2) is 87.2 Å². The fourth-order valence-electron chi connectivity index (χ4n) is 7.32. The Hall–Kier alpha value is -4.82. The van der Waals surface area contributed by atoms with Crippen molar-refractivity contribution in [3.63, 3.8) is 0 Å². The largest absolute Gasteiger partial charge is 0.393 e. The molecule has 1 amide bonds. The van der Waals surface area contributed by atoms with E-state index in [4.69, 9.17) is 9.97 Å². The van der Waals surface area contributed by atoms with E-state index < -0.39 is 0 Å². The number of anilines is 3. The zero-order chi connectivity index (χ0) is 34.8. The lowest BCUT2D eigenvalue weighted by molar-refractivity contribution is 0.0950. The van der Waals surface area contributed by atoms with Gasteiger partial charge in [0.1, 0.15) is 11.5 Å². The van der Waals surface area contributed by atoms with Gasteiger partial charge in [-0.25, -0.2) is 9.97 Å². The van der Waals surface area contributed by atoms with E-state index in [0.717, 1.165) is 92.9 Å². The molecule has 0 bridgehead atoms. The summed E-state index contributed by atoms with van der Waals surface area (Å²) in [4.78, 5) is 31.6. The molecule has 1 aliphatic heterocycles. The third-order valence-corrected chi connectivity index (χ3v) is 10.8. The van der Waals surface area contributed by atoms with Crippen molar-refractivity contribution in [2.24, 2.45) is 0 Å². The van der Waals surface area contributed by atoms with Crippen LogP contribution in [-0.2, 0) is 5.54 Å². The Morgan fingerprint density at radius 3 is 2.29 bits per heavy atom. The van der Waals surface area contributed by atoms with Crippen molar-refractivity contribution in [1.82, 2.24) is 30.1 Å². The van der Waals surface area contributed by atoms with Crippen LogP contribution in [0.3, 0.4) is 0 Å². The molecule has 0 atom stereocenters. The number of rotatable bonds is 9. The van der Waals surface area contributed by atoms with Crippen LogP contribution in [0.15, 0.2) is 73.1 Å². The molecule has 4 fully saturated rings. The van der Waals surface area contributed by atoms with Gasteiger partial charge in [-0.3, -0.25) is 9.69 Å². The number of carbonyl (C=O) groups is 1. The van der Waals surface area contributed by atoms with Crippen molar-refractivity contribution >= 4 is 23.4 Å². The summed E-state index contributed by atoms with van der Waals surface area (Å²) in [5, 5.41) is 20.2. The van der Waals surface area contributed by atoms with Gasteiger partial charge in [0.05, 0.1) is 6.10 Å². The lowest BCUT2D eigenvalue weighted by atomic mass is 9.93. The SMILES string of the molecule is CN1CCN(C2(c3ccc(-c4cnc(Nc5ccc(C#Cc6cc(C(=O)NC7CC7)ccn6)cc5)nc4NC4CCC(O)CC4)cc3)CC2)CC1. The number of likely N-dealkylation sites (N-methyl/N-ethyl adjacent to an activating group) is 1. The van der Waals surface area contributed by atoms with Crippen molar-refractivity contribution in [3.8, 4) is 23.0 Å². The van der Waals surface area contributed by atoms with Crippen molar-refractivity contribution in [2.75, 3.05) is 43.9 Å². The maximum absolute atomic E-state index is 12.4. The number of amides is 1. The molecule has 4 N–H and O–H groups in total. The van der Waals surface area contributed by atoms with Crippen LogP contribution in [0, 0.1) is 11.8 Å². The van der Waals surface area contributed by atoms with Crippen LogP contribution in [0.4, 0.5) is 17.5 Å². The van der Waals surface area contributed by atoms with Crippen LogP contribution in [0.5, 0.6) is 0 Å². The topological polar surface area (TPSA) is 119 Å². The fraction of sp³-hybridized carbons (Fsp3) is 0.415. The molecule has 0 radical (unpaired) electrons. The lowest BCUT2D eigenvalue weighted by Crippen LogP contribution is -2.49. The molecule has 10 heteroatoms. The van der Waals surface area contributed by atoms with Crippen LogP contribution in [0.1, 0.15) is 78.5 Å². The minimum absolute atomic E-state index is 0.0781. The van der Waals surface area contributed by atoms with Gasteiger partial charge in [0, 0.05) is 78.6 Å². The van der Waals surface area contributed by atoms with Crippen molar-refractivity contribution < 1.29 is 9.90 Å². The van der Waals surface area contributed by atoms with Crippen molar-refractivity contribution in [3.05, 3.63) is 95.4 Å². The Balaban J connectivity index is 0.977. The number of nitrogens with one attached hydrogen (secondary N) is 3. The molecule has 262 valence electrons. The summed E-state index contributed by atoms with van der Waals surface area (Å²) in [5.74, 6) is 7.46. The van der Waals surface area contributed by atoms with Crippen LogP contribution in [0.2, 0.25) is 0 Å². The number of aliphatic hydroxyl groups excluding tert-OH is 1. The summed E-state index contributed by atoms with van der Waals surface area (Å²) in [5.41, 5.74) is 6.45. The van der Waals surface area contributed by atoms with E-state index in [9.17, 15) is 9.90 Å². The highest BCUT2D eigenvalue weighted by Crippen LogP contribution is 2.51. The van der Waals surface area contributed by atoms with Crippen LogP contribution >= 0.6 is 0 Å². The number of hydrogen-bond donors (Lipinski definition) is 4. The molecule has 4 aliphatic rings. The molecular formula is C41H46N8O2. The molecule has 2 aromatic heterocycles. The third kappa shape index (κ3) is 7.91. The first kappa shape index (κ1) is 33.3. The zero-order valence-electron chi connectivity index (χ0n) is 29.2. The second-order valence-corrected chi connectivity index (χ2v) is 14.6. The van der Waals surface area contributed by atoms with E-state index in [0.29, 0.717) is 23.2 Å². The number of aromatic nitrogens is 3. The van der Waals surface area contributed by atoms with Gasteiger partial charge in [-0.1, -0.05) is 30.2 Å². The second kappa shape index (κ2) is 14.4. The summed E-state index contributed by atoms with van der Waals surface area (Å²) < 4.78 is 0. The average molecular weight is 683 g/mol. The molecular weight excluding hydrogens is 637 g/mol. The first-order valence-corrected chi connectivity index (χ1v) is 18.4. The van der Waals surface area contributed by atoms with Gasteiger partial charge in [0.25, 0.3) is 5.91 Å². The third-order valence-electron chi connectivity index (χ3n) is 10.8. The Labute approximate surface area is 300 Å². The molecule has 10 nitrogen and oxygen atoms in total. The van der Waals surface area contributed by atoms with E-state index in [1.807, 2.05) is 30.5 Å². The van der Waals surface area contributed by atoms with Gasteiger partial charge in [-0.2, -0.15) is 4.98 Å². The number of piperazine rings is 1. The summed E-state index contributed by atoms with van der Waals surface area (Å²) in [6, 6.07) is 20.8. The second-order valence-electron chi connectivity index (χ2n) is 14.6. The number of aliphatic hydroxyl groups is 1. The minimum Gasteiger partial charge on any atom is -0.393 e. The number of pyridine rings is 1. The molecule has 3 aliphatic carbocycles. The highest BCUT2D eigenvalue weighted by atomic mass is 16.3. The molecule has 3 saturated carbocycles. The molecule has 51 heavy (non-hydrogen) atoms. The monoisotopic (exact) mass is 682 g/mol. The fourth-order valence-corrected chi connectivity index (χ4v) is 7.32. The molecule has 0 spiro atoms. The molecule has 2 aromatic carbocycles. The first-order valence-electron chi connectivity index (χ1n) is 18.4. The average Bonchev–Trinajstić information content (AvgIpc) is 4.10. The highest BCUT2D eigenvalue weighted by Gasteiger charge is 2.49. The lowest BCUT2D eigenvalue weighted by Gasteiger charge is -2.38. The predicted molar refractivity (Wildman–Crippen MR) is 200 cm³/mol. The Morgan fingerprint density at radius 2 is 1.59 bits per heavy atom. The standard InChI is InChI=1S/C41H46N8O2/c1-48-22-24-49(25-23-48)41(19-20-41)31-7-5-29(6-8-31)37-27-43-40(47-38(37)44-32-14-16-36(50)17-15-32)46-34-9-2-28(3-10-34)4-11-35-26-30(18-21-42-35)39(51)45-33-12-13-33/h2-3,5-10,18,21,26-27,32-33,36,50H,12-17,19-20,22-25H2,1H3,(H,45,51)(H2,43,44,46,47). The highest BCUT2D eigenvalue weighted by molar-refractivity contribution is 5.94. The summed E-state index contributed by atoms with van der Waals surface area (Å²) in [7, 11) is 2.21. The summed E-state index contributed by atoms with van der Waals surface area (Å²) in [6.07, 6.45) is 11.2. The van der Waals surface area contributed by atoms with E-state index in [2.05, 4.69) is 73.9 Å². The molecule has 1 saturated heterocycles. The Bertz CT molecular complexity index is 1910. The van der Waals surface area contributed by atoms with Gasteiger partial charge >= 0.3 is 0 Å². The normalized spacial score (nSPS) is 21.6. The molecule has 8 rings (SSSR count). The van der Waals surface area contributed by atoms with Gasteiger partial charge in [-0.15, -0.1) is 0 Å². The van der Waals surface area contributed by atoms with Gasteiger partial charge < -0.3 is 26.0 Å². The summed E-state index contributed by atoms with van der Waals surface area (Å²) in [6.45, 7) is 4.49. The smallest absolute Gasteiger partial charge is 0.251 e. The zero-order valence-corrected chi connectivity index (χ0v) is 29.2. The molecule has 4 aromatic rings. The van der Waals surface area contributed by atoms with E-state index >= 15 is 0 Å². The number of benzene rings is 2. The summed E-state index contributed by atoms with van der Waals surface area (Å²) >= 11 is 0. The van der Waals surface area contributed by atoms with E-state index in [1.165, 1.54) is 18.4 Å². The van der Waals surface area contributed by atoms with Crippen LogP contribution in [0.25, 0.3) is 11.1 Å². The van der Waals surface area contributed by atoms with Gasteiger partial charge in [0.2, 0.25) is 5.95 Å². The van der Waals surface area contributed by atoms with Crippen molar-refractivity contribution in [2.45, 2.75) is 75.1 Å². The van der Waals surface area contributed by atoms with Gasteiger partial charge in [-0.05, 0) is 112 Å².